The van der Waals surface area contributed by atoms with Crippen molar-refractivity contribution in [1.29, 1.82) is 0 Å². The molecule has 0 aromatic heterocycles. The summed E-state index contributed by atoms with van der Waals surface area (Å²) in [4.78, 5) is 92.6. The van der Waals surface area contributed by atoms with Crippen molar-refractivity contribution in [3.8, 4) is 0 Å². The van der Waals surface area contributed by atoms with Crippen molar-refractivity contribution in [1.82, 2.24) is 21.3 Å². The SMILES string of the molecule is CC(=O)[C@H](CCC(=O)O)NC(=O)COCCOCCNC(=O)COCCOCCNC(=O)CC[C@H](NC(=O)CCCCCCCCCCCCCCCCC(=O)O)C(=O)O. The Morgan fingerprint density at radius 1 is 0.417 bits per heavy atom. The Morgan fingerprint density at radius 3 is 1.28 bits per heavy atom. The minimum Gasteiger partial charge on any atom is -0.481 e. The van der Waals surface area contributed by atoms with Gasteiger partial charge in [0, 0.05) is 38.8 Å². The molecule has 19 nitrogen and oxygen atoms in total. The maximum Gasteiger partial charge on any atom is 0.326 e. The van der Waals surface area contributed by atoms with Gasteiger partial charge in [0.1, 0.15) is 19.3 Å². The molecule has 4 amide bonds. The molecule has 2 atom stereocenters. The van der Waals surface area contributed by atoms with Gasteiger partial charge in [-0.05, 0) is 32.6 Å². The van der Waals surface area contributed by atoms with E-state index >= 15 is 0 Å². The van der Waals surface area contributed by atoms with Crippen molar-refractivity contribution in [2.75, 3.05) is 65.9 Å². The minimum absolute atomic E-state index is 0.00865. The number of carbonyl (C=O) groups excluding carboxylic acids is 5. The van der Waals surface area contributed by atoms with Crippen molar-refractivity contribution < 1.29 is 72.6 Å². The van der Waals surface area contributed by atoms with E-state index in [2.05, 4.69) is 21.3 Å². The lowest BCUT2D eigenvalue weighted by Gasteiger charge is -2.15. The highest BCUT2D eigenvalue weighted by Gasteiger charge is 2.21. The molecule has 7 N–H and O–H groups in total. The first-order valence-corrected chi connectivity index (χ1v) is 21.4. The highest BCUT2D eigenvalue weighted by atomic mass is 16.5. The van der Waals surface area contributed by atoms with Crippen LogP contribution in [0.15, 0.2) is 0 Å². The quantitative estimate of drug-likeness (QED) is 0.0434. The number of hydrogen-bond donors (Lipinski definition) is 7. The third-order valence-corrected chi connectivity index (χ3v) is 9.16. The summed E-state index contributed by atoms with van der Waals surface area (Å²) in [6, 6.07) is -2.04. The van der Waals surface area contributed by atoms with E-state index in [1.807, 2.05) is 0 Å². The molecule has 0 radical (unpaired) electrons. The fraction of sp³-hybridized carbons (Fsp3) is 0.805. The standard InChI is InChI=1S/C41H72N4O15/c1-32(46)33(19-21-40(53)54)44-38(50)31-60-29-27-58-25-23-43-37(49)30-59-28-26-57-24-22-42-35(47)20-18-34(41(55)56)45-36(48)16-14-12-10-8-6-4-2-3-5-7-9-11-13-15-17-39(51)52/h33-34H,2-31H2,1H3,(H,42,47)(H,43,49)(H,44,50)(H,45,48)(H,51,52)(H,53,54)(H,55,56)/t33-,34-/m0/s1. The predicted molar refractivity (Wildman–Crippen MR) is 219 cm³/mol. The second kappa shape index (κ2) is 39.0. The second-order valence-corrected chi connectivity index (χ2v) is 14.5. The molecule has 0 heterocycles. The van der Waals surface area contributed by atoms with E-state index in [9.17, 15) is 43.5 Å². The zero-order valence-electron chi connectivity index (χ0n) is 35.6. The fourth-order valence-corrected chi connectivity index (χ4v) is 5.80. The summed E-state index contributed by atoms with van der Waals surface area (Å²) in [6.07, 6.45) is 15.1. The summed E-state index contributed by atoms with van der Waals surface area (Å²) in [6.45, 7) is 2.08. The van der Waals surface area contributed by atoms with Crippen LogP contribution in [0.5, 0.6) is 0 Å². The highest BCUT2D eigenvalue weighted by molar-refractivity contribution is 5.88. The van der Waals surface area contributed by atoms with Crippen LogP contribution < -0.4 is 21.3 Å². The molecule has 0 aromatic carbocycles. The first-order valence-electron chi connectivity index (χ1n) is 21.4. The molecule has 0 saturated heterocycles. The normalized spacial score (nSPS) is 11.9. The minimum atomic E-state index is -1.20. The number of rotatable bonds is 43. The van der Waals surface area contributed by atoms with E-state index in [0.29, 0.717) is 6.42 Å². The molecule has 0 unspecified atom stereocenters. The molecule has 19 heteroatoms. The molecule has 0 aliphatic rings. The molecule has 0 saturated carbocycles. The van der Waals surface area contributed by atoms with Gasteiger partial charge in [0.25, 0.3) is 0 Å². The summed E-state index contributed by atoms with van der Waals surface area (Å²) in [5.74, 6) is -4.95. The van der Waals surface area contributed by atoms with Gasteiger partial charge in [0.05, 0.1) is 45.7 Å². The number of ether oxygens (including phenoxy) is 4. The number of carboxylic acid groups (broad SMARTS) is 3. The van der Waals surface area contributed by atoms with Crippen molar-refractivity contribution in [3.63, 3.8) is 0 Å². The van der Waals surface area contributed by atoms with Crippen LogP contribution in [-0.4, -0.2) is 141 Å². The maximum absolute atomic E-state index is 12.3. The number of Topliss-reactive ketones (excluding diaryl/α,β-unsaturated/α-hetero) is 1. The number of unbranched alkanes of at least 4 members (excludes halogenated alkanes) is 13. The summed E-state index contributed by atoms with van der Waals surface area (Å²) in [5.41, 5.74) is 0. The number of nitrogens with one attached hydrogen (secondary N) is 4. The van der Waals surface area contributed by atoms with Crippen LogP contribution in [0, 0.1) is 0 Å². The molecular formula is C41H72N4O15. The van der Waals surface area contributed by atoms with Gasteiger partial charge in [0.2, 0.25) is 23.6 Å². The van der Waals surface area contributed by atoms with Crippen LogP contribution in [0.3, 0.4) is 0 Å². The van der Waals surface area contributed by atoms with E-state index < -0.39 is 35.9 Å². The molecule has 0 rings (SSSR count). The number of hydrogen-bond acceptors (Lipinski definition) is 12. The third-order valence-electron chi connectivity index (χ3n) is 9.16. The van der Waals surface area contributed by atoms with E-state index in [4.69, 9.17) is 29.2 Å². The van der Waals surface area contributed by atoms with Crippen molar-refractivity contribution in [2.24, 2.45) is 0 Å². The van der Waals surface area contributed by atoms with Gasteiger partial charge in [-0.3, -0.25) is 33.6 Å². The Bertz CT molecular complexity index is 1240. The van der Waals surface area contributed by atoms with Gasteiger partial charge in [-0.2, -0.15) is 0 Å². The first kappa shape index (κ1) is 55.8. The average molecular weight is 861 g/mol. The van der Waals surface area contributed by atoms with E-state index in [-0.39, 0.29) is 128 Å². The predicted octanol–water partition coefficient (Wildman–Crippen LogP) is 2.90. The van der Waals surface area contributed by atoms with Gasteiger partial charge >= 0.3 is 17.9 Å². The molecule has 0 aliphatic carbocycles. The summed E-state index contributed by atoms with van der Waals surface area (Å²) in [7, 11) is 0. The smallest absolute Gasteiger partial charge is 0.326 e. The maximum atomic E-state index is 12.3. The lowest BCUT2D eigenvalue weighted by atomic mass is 10.0. The van der Waals surface area contributed by atoms with E-state index in [1.54, 1.807) is 0 Å². The van der Waals surface area contributed by atoms with Crippen molar-refractivity contribution in [2.45, 2.75) is 147 Å². The van der Waals surface area contributed by atoms with Crippen LogP contribution in [0.2, 0.25) is 0 Å². The Balaban J connectivity index is 3.72. The van der Waals surface area contributed by atoms with Crippen LogP contribution in [0.4, 0.5) is 0 Å². The molecule has 0 fully saturated rings. The Kier molecular flexibility index (Phi) is 36.2. The summed E-state index contributed by atoms with van der Waals surface area (Å²) in [5, 5.41) is 37.1. The van der Waals surface area contributed by atoms with Gasteiger partial charge in [-0.15, -0.1) is 0 Å². The second-order valence-electron chi connectivity index (χ2n) is 14.5. The summed E-state index contributed by atoms with van der Waals surface area (Å²) >= 11 is 0. The van der Waals surface area contributed by atoms with Crippen molar-refractivity contribution >= 4 is 47.3 Å². The Hall–Kier alpha value is -4.20. The first-order chi connectivity index (χ1) is 28.8. The third kappa shape index (κ3) is 38.0. The topological polar surface area (TPSA) is 282 Å². The Labute approximate surface area is 354 Å². The largest absolute Gasteiger partial charge is 0.481 e. The molecule has 346 valence electrons. The molecule has 0 aromatic rings. The lowest BCUT2D eigenvalue weighted by molar-refractivity contribution is -0.142. The molecular weight excluding hydrogens is 788 g/mol. The van der Waals surface area contributed by atoms with Gasteiger partial charge in [-0.25, -0.2) is 4.79 Å². The Morgan fingerprint density at radius 2 is 0.817 bits per heavy atom. The number of ketones is 1. The molecule has 60 heavy (non-hydrogen) atoms. The van der Waals surface area contributed by atoms with Crippen LogP contribution in [-0.2, 0) is 57.3 Å². The lowest BCUT2D eigenvalue weighted by Crippen LogP contribution is -2.42. The zero-order chi connectivity index (χ0) is 44.6. The molecule has 0 spiro atoms. The number of aliphatic carboxylic acids is 3. The number of amides is 4. The van der Waals surface area contributed by atoms with Crippen LogP contribution >= 0.6 is 0 Å². The zero-order valence-corrected chi connectivity index (χ0v) is 35.6. The van der Waals surface area contributed by atoms with Crippen LogP contribution in [0.25, 0.3) is 0 Å². The van der Waals surface area contributed by atoms with Crippen molar-refractivity contribution in [3.05, 3.63) is 0 Å². The van der Waals surface area contributed by atoms with Gasteiger partial charge in [-0.1, -0.05) is 77.0 Å². The molecule has 0 bridgehead atoms. The number of carboxylic acids is 3. The highest BCUT2D eigenvalue weighted by Crippen LogP contribution is 2.14. The average Bonchev–Trinajstić information content (AvgIpc) is 3.19. The van der Waals surface area contributed by atoms with Crippen LogP contribution in [0.1, 0.15) is 135 Å². The number of carbonyl (C=O) groups is 8. The van der Waals surface area contributed by atoms with E-state index in [1.165, 1.54) is 45.4 Å². The van der Waals surface area contributed by atoms with Gasteiger partial charge < -0.3 is 55.5 Å². The monoisotopic (exact) mass is 860 g/mol. The van der Waals surface area contributed by atoms with E-state index in [0.717, 1.165) is 44.9 Å². The molecule has 0 aliphatic heterocycles. The fourth-order valence-electron chi connectivity index (χ4n) is 5.80. The van der Waals surface area contributed by atoms with Gasteiger partial charge in [0.15, 0.2) is 5.78 Å². The summed E-state index contributed by atoms with van der Waals surface area (Å²) < 4.78 is 21.1.